The molecule has 1 fully saturated rings. The number of amides is 1. The van der Waals surface area contributed by atoms with Crippen LogP contribution in [0.25, 0.3) is 0 Å². The molecular formula is C13H16N4O2S. The molecule has 1 aliphatic rings. The summed E-state index contributed by atoms with van der Waals surface area (Å²) in [4.78, 5) is 11.2. The largest absolute Gasteiger partial charge is 0.467 e. The van der Waals surface area contributed by atoms with Crippen LogP contribution in [0.5, 0.6) is 0 Å². The Hall–Kier alpha value is -1.76. The third kappa shape index (κ3) is 2.72. The van der Waals surface area contributed by atoms with Crippen LogP contribution in [-0.2, 0) is 11.3 Å². The van der Waals surface area contributed by atoms with Crippen molar-refractivity contribution in [2.75, 3.05) is 0 Å². The third-order valence-corrected chi connectivity index (χ3v) is 4.36. The molecular weight excluding hydrogens is 276 g/mol. The normalized spacial score (nSPS) is 16.2. The Morgan fingerprint density at radius 1 is 1.60 bits per heavy atom. The standard InChI is InChI=1S/C13H16N4O2S/c1-8(11(14)18)20-13-16-15-12(9-4-5-9)17(13)7-10-3-2-6-19-10/h2-3,6,8-9H,4-5,7H2,1H3,(H2,14,18). The topological polar surface area (TPSA) is 86.9 Å². The molecule has 1 saturated carbocycles. The van der Waals surface area contributed by atoms with Crippen molar-refractivity contribution in [2.24, 2.45) is 5.73 Å². The zero-order chi connectivity index (χ0) is 14.1. The van der Waals surface area contributed by atoms with Gasteiger partial charge >= 0.3 is 0 Å². The first kappa shape index (κ1) is 13.2. The second-order valence-corrected chi connectivity index (χ2v) is 6.25. The van der Waals surface area contributed by atoms with Crippen LogP contribution in [0.4, 0.5) is 0 Å². The Morgan fingerprint density at radius 2 is 2.40 bits per heavy atom. The second-order valence-electron chi connectivity index (χ2n) is 4.94. The summed E-state index contributed by atoms with van der Waals surface area (Å²) < 4.78 is 7.42. The summed E-state index contributed by atoms with van der Waals surface area (Å²) in [6, 6.07) is 3.78. The van der Waals surface area contributed by atoms with E-state index in [-0.39, 0.29) is 11.2 Å². The summed E-state index contributed by atoms with van der Waals surface area (Å²) in [6.45, 7) is 2.36. The highest BCUT2D eigenvalue weighted by atomic mass is 32.2. The zero-order valence-electron chi connectivity index (χ0n) is 11.2. The van der Waals surface area contributed by atoms with Crippen molar-refractivity contribution in [3.05, 3.63) is 30.0 Å². The number of carbonyl (C=O) groups excluding carboxylic acids is 1. The predicted octanol–water partition coefficient (Wildman–Crippen LogP) is 1.76. The average Bonchev–Trinajstić information content (AvgIpc) is 2.99. The molecule has 7 heteroatoms. The second kappa shape index (κ2) is 5.32. The van der Waals surface area contributed by atoms with Gasteiger partial charge in [-0.1, -0.05) is 11.8 Å². The molecule has 106 valence electrons. The highest BCUT2D eigenvalue weighted by molar-refractivity contribution is 8.00. The minimum Gasteiger partial charge on any atom is -0.467 e. The van der Waals surface area contributed by atoms with Gasteiger partial charge in [0.2, 0.25) is 5.91 Å². The van der Waals surface area contributed by atoms with Gasteiger partial charge in [0.25, 0.3) is 0 Å². The van der Waals surface area contributed by atoms with E-state index in [1.165, 1.54) is 11.8 Å². The number of hydrogen-bond donors (Lipinski definition) is 1. The molecule has 2 N–H and O–H groups in total. The lowest BCUT2D eigenvalue weighted by Gasteiger charge is -2.10. The number of thioether (sulfide) groups is 1. The number of rotatable bonds is 6. The molecule has 1 amide bonds. The molecule has 6 nitrogen and oxygen atoms in total. The summed E-state index contributed by atoms with van der Waals surface area (Å²) in [5, 5.41) is 8.86. The van der Waals surface area contributed by atoms with Crippen molar-refractivity contribution >= 4 is 17.7 Å². The van der Waals surface area contributed by atoms with Crippen LogP contribution < -0.4 is 5.73 Å². The molecule has 1 atom stereocenters. The molecule has 1 aliphatic carbocycles. The van der Waals surface area contributed by atoms with E-state index in [2.05, 4.69) is 10.2 Å². The van der Waals surface area contributed by atoms with E-state index in [9.17, 15) is 4.79 Å². The number of furan rings is 1. The minimum atomic E-state index is -0.351. The highest BCUT2D eigenvalue weighted by Crippen LogP contribution is 2.40. The molecule has 20 heavy (non-hydrogen) atoms. The lowest BCUT2D eigenvalue weighted by Crippen LogP contribution is -2.23. The van der Waals surface area contributed by atoms with Gasteiger partial charge in [-0.25, -0.2) is 0 Å². The molecule has 0 spiro atoms. The van der Waals surface area contributed by atoms with Gasteiger partial charge in [-0.3, -0.25) is 9.36 Å². The monoisotopic (exact) mass is 292 g/mol. The Balaban J connectivity index is 1.87. The van der Waals surface area contributed by atoms with Crippen LogP contribution in [-0.4, -0.2) is 25.9 Å². The number of nitrogens with zero attached hydrogens (tertiary/aromatic N) is 3. The number of primary amides is 1. The lowest BCUT2D eigenvalue weighted by molar-refractivity contribution is -0.117. The fourth-order valence-corrected chi connectivity index (χ4v) is 2.76. The van der Waals surface area contributed by atoms with Gasteiger partial charge in [0.1, 0.15) is 11.6 Å². The van der Waals surface area contributed by atoms with E-state index in [1.807, 2.05) is 16.7 Å². The minimum absolute atomic E-state index is 0.332. The Kier molecular flexibility index (Phi) is 3.52. The van der Waals surface area contributed by atoms with Gasteiger partial charge in [-0.2, -0.15) is 0 Å². The Labute approximate surface area is 120 Å². The molecule has 2 aromatic heterocycles. The SMILES string of the molecule is CC(Sc1nnc(C2CC2)n1Cc1ccco1)C(N)=O. The molecule has 2 aromatic rings. The summed E-state index contributed by atoms with van der Waals surface area (Å²) in [5.41, 5.74) is 5.31. The average molecular weight is 292 g/mol. The smallest absolute Gasteiger partial charge is 0.230 e. The maximum Gasteiger partial charge on any atom is 0.230 e. The van der Waals surface area contributed by atoms with Gasteiger partial charge in [0.15, 0.2) is 5.16 Å². The molecule has 0 saturated heterocycles. The maximum atomic E-state index is 11.2. The molecule has 2 heterocycles. The van der Waals surface area contributed by atoms with Gasteiger partial charge in [0.05, 0.1) is 18.1 Å². The molecule has 1 unspecified atom stereocenters. The first-order valence-electron chi connectivity index (χ1n) is 6.56. The van der Waals surface area contributed by atoms with Gasteiger partial charge in [-0.05, 0) is 31.9 Å². The summed E-state index contributed by atoms with van der Waals surface area (Å²) in [6.07, 6.45) is 3.94. The van der Waals surface area contributed by atoms with E-state index in [1.54, 1.807) is 13.2 Å². The van der Waals surface area contributed by atoms with Crippen LogP contribution in [0.3, 0.4) is 0 Å². The van der Waals surface area contributed by atoms with Crippen molar-refractivity contribution in [3.63, 3.8) is 0 Å². The van der Waals surface area contributed by atoms with Crippen LogP contribution >= 0.6 is 11.8 Å². The van der Waals surface area contributed by atoms with Gasteiger partial charge < -0.3 is 10.2 Å². The number of carbonyl (C=O) groups is 1. The highest BCUT2D eigenvalue weighted by Gasteiger charge is 2.31. The quantitative estimate of drug-likeness (QED) is 0.820. The van der Waals surface area contributed by atoms with Crippen LogP contribution in [0.1, 0.15) is 37.3 Å². The van der Waals surface area contributed by atoms with E-state index < -0.39 is 0 Å². The van der Waals surface area contributed by atoms with E-state index in [0.717, 1.165) is 29.6 Å². The predicted molar refractivity (Wildman–Crippen MR) is 74.3 cm³/mol. The third-order valence-electron chi connectivity index (χ3n) is 3.26. The van der Waals surface area contributed by atoms with Crippen LogP contribution in [0.2, 0.25) is 0 Å². The Morgan fingerprint density at radius 3 is 3.00 bits per heavy atom. The summed E-state index contributed by atoms with van der Waals surface area (Å²) in [5.74, 6) is 1.95. The number of aromatic nitrogens is 3. The number of hydrogen-bond acceptors (Lipinski definition) is 5. The number of nitrogens with two attached hydrogens (primary N) is 1. The molecule has 0 radical (unpaired) electrons. The zero-order valence-corrected chi connectivity index (χ0v) is 12.0. The first-order valence-corrected chi connectivity index (χ1v) is 7.44. The first-order chi connectivity index (χ1) is 9.65. The Bertz CT molecular complexity index is 604. The molecule has 3 rings (SSSR count). The summed E-state index contributed by atoms with van der Waals surface area (Å²) in [7, 11) is 0. The maximum absolute atomic E-state index is 11.2. The van der Waals surface area contributed by atoms with Crippen LogP contribution in [0, 0.1) is 0 Å². The molecule has 0 aromatic carbocycles. The van der Waals surface area contributed by atoms with Crippen LogP contribution in [0.15, 0.2) is 28.0 Å². The molecule has 0 bridgehead atoms. The summed E-state index contributed by atoms with van der Waals surface area (Å²) >= 11 is 1.34. The van der Waals surface area contributed by atoms with Crippen molar-refractivity contribution < 1.29 is 9.21 Å². The van der Waals surface area contributed by atoms with Crippen molar-refractivity contribution in [3.8, 4) is 0 Å². The van der Waals surface area contributed by atoms with E-state index in [4.69, 9.17) is 10.2 Å². The van der Waals surface area contributed by atoms with Crippen molar-refractivity contribution in [1.82, 2.24) is 14.8 Å². The van der Waals surface area contributed by atoms with Crippen molar-refractivity contribution in [1.29, 1.82) is 0 Å². The lowest BCUT2D eigenvalue weighted by atomic mass is 10.3. The fourth-order valence-electron chi connectivity index (χ4n) is 1.95. The van der Waals surface area contributed by atoms with E-state index in [0.29, 0.717) is 12.5 Å². The van der Waals surface area contributed by atoms with Crippen molar-refractivity contribution in [2.45, 2.75) is 42.6 Å². The fraction of sp³-hybridized carbons (Fsp3) is 0.462. The molecule has 0 aliphatic heterocycles. The van der Waals surface area contributed by atoms with E-state index >= 15 is 0 Å². The van der Waals surface area contributed by atoms with Gasteiger partial charge in [0, 0.05) is 5.92 Å². The van der Waals surface area contributed by atoms with Gasteiger partial charge in [-0.15, -0.1) is 10.2 Å².